The summed E-state index contributed by atoms with van der Waals surface area (Å²) in [5, 5.41) is 2.76. The molecule has 0 fully saturated rings. The highest BCUT2D eigenvalue weighted by molar-refractivity contribution is 9.10. The standard InChI is InChI=1S/C19H21BrN2O3S/c1-3-22(4-2)26(24,25)18-12-5-15(6-13-18)7-14-19(23)21-17-10-8-16(20)9-11-17/h5-14H,3-4H2,1-2H3,(H,21,23). The van der Waals surface area contributed by atoms with Gasteiger partial charge in [-0.15, -0.1) is 0 Å². The molecule has 0 radical (unpaired) electrons. The molecule has 0 bridgehead atoms. The van der Waals surface area contributed by atoms with Crippen molar-refractivity contribution in [3.8, 4) is 0 Å². The topological polar surface area (TPSA) is 66.5 Å². The lowest BCUT2D eigenvalue weighted by molar-refractivity contribution is -0.111. The molecule has 0 aliphatic carbocycles. The van der Waals surface area contributed by atoms with E-state index in [4.69, 9.17) is 0 Å². The maximum absolute atomic E-state index is 12.4. The van der Waals surface area contributed by atoms with E-state index >= 15 is 0 Å². The summed E-state index contributed by atoms with van der Waals surface area (Å²) in [6.07, 6.45) is 3.05. The first kappa shape index (κ1) is 20.4. The highest BCUT2D eigenvalue weighted by Crippen LogP contribution is 2.17. The van der Waals surface area contributed by atoms with Crippen LogP contribution in [0.3, 0.4) is 0 Å². The van der Waals surface area contributed by atoms with Crippen molar-refractivity contribution in [2.24, 2.45) is 0 Å². The van der Waals surface area contributed by atoms with Crippen molar-refractivity contribution < 1.29 is 13.2 Å². The van der Waals surface area contributed by atoms with Crippen LogP contribution in [0.4, 0.5) is 5.69 Å². The van der Waals surface area contributed by atoms with Gasteiger partial charge in [-0.25, -0.2) is 8.42 Å². The number of hydrogen-bond donors (Lipinski definition) is 1. The van der Waals surface area contributed by atoms with Crippen LogP contribution in [0.2, 0.25) is 0 Å². The zero-order valence-corrected chi connectivity index (χ0v) is 17.0. The number of carbonyl (C=O) groups is 1. The van der Waals surface area contributed by atoms with Gasteiger partial charge in [0.2, 0.25) is 15.9 Å². The molecule has 0 atom stereocenters. The smallest absolute Gasteiger partial charge is 0.248 e. The third-order valence-electron chi connectivity index (χ3n) is 3.76. The summed E-state index contributed by atoms with van der Waals surface area (Å²) in [7, 11) is -3.47. The summed E-state index contributed by atoms with van der Waals surface area (Å²) in [6.45, 7) is 4.47. The van der Waals surface area contributed by atoms with Gasteiger partial charge in [0.1, 0.15) is 0 Å². The monoisotopic (exact) mass is 436 g/mol. The predicted octanol–water partition coefficient (Wildman–Crippen LogP) is 4.13. The lowest BCUT2D eigenvalue weighted by atomic mass is 10.2. The Balaban J connectivity index is 2.05. The fraction of sp³-hybridized carbons (Fsp3) is 0.211. The first-order valence-corrected chi connectivity index (χ1v) is 10.4. The third-order valence-corrected chi connectivity index (χ3v) is 6.35. The molecular formula is C19H21BrN2O3S. The third kappa shape index (κ3) is 5.27. The van der Waals surface area contributed by atoms with Crippen molar-refractivity contribution in [3.63, 3.8) is 0 Å². The Bertz CT molecular complexity index is 872. The second kappa shape index (κ2) is 9.12. The van der Waals surface area contributed by atoms with Gasteiger partial charge in [0.05, 0.1) is 4.90 Å². The number of carbonyl (C=O) groups excluding carboxylic acids is 1. The van der Waals surface area contributed by atoms with Crippen LogP contribution < -0.4 is 5.32 Å². The molecule has 1 N–H and O–H groups in total. The first-order chi connectivity index (χ1) is 12.4. The maximum atomic E-state index is 12.4. The summed E-state index contributed by atoms with van der Waals surface area (Å²) in [5.41, 5.74) is 1.44. The number of anilines is 1. The number of amides is 1. The van der Waals surface area contributed by atoms with Crippen molar-refractivity contribution in [1.82, 2.24) is 4.31 Å². The van der Waals surface area contributed by atoms with Crippen LogP contribution in [-0.4, -0.2) is 31.7 Å². The molecule has 2 aromatic rings. The van der Waals surface area contributed by atoms with Crippen LogP contribution >= 0.6 is 15.9 Å². The second-order valence-corrected chi connectivity index (χ2v) is 8.34. The molecule has 2 aromatic carbocycles. The van der Waals surface area contributed by atoms with E-state index in [1.807, 2.05) is 26.0 Å². The van der Waals surface area contributed by atoms with Crippen LogP contribution in [0, 0.1) is 0 Å². The van der Waals surface area contributed by atoms with Gasteiger partial charge in [-0.1, -0.05) is 41.9 Å². The fourth-order valence-corrected chi connectivity index (χ4v) is 4.07. The minimum absolute atomic E-state index is 0.248. The number of benzene rings is 2. The van der Waals surface area contributed by atoms with Crippen molar-refractivity contribution in [3.05, 3.63) is 64.6 Å². The van der Waals surface area contributed by atoms with Crippen LogP contribution in [0.5, 0.6) is 0 Å². The lowest BCUT2D eigenvalue weighted by Crippen LogP contribution is -2.30. The normalized spacial score (nSPS) is 11.8. The minimum atomic E-state index is -3.47. The summed E-state index contributed by atoms with van der Waals surface area (Å²) < 4.78 is 27.2. The number of nitrogens with one attached hydrogen (secondary N) is 1. The minimum Gasteiger partial charge on any atom is -0.323 e. The van der Waals surface area contributed by atoms with Gasteiger partial charge >= 0.3 is 0 Å². The van der Waals surface area contributed by atoms with Gasteiger partial charge in [0.25, 0.3) is 0 Å². The highest BCUT2D eigenvalue weighted by atomic mass is 79.9. The van der Waals surface area contributed by atoms with Gasteiger partial charge in [0, 0.05) is 29.3 Å². The summed E-state index contributed by atoms with van der Waals surface area (Å²) in [5.74, 6) is -0.257. The van der Waals surface area contributed by atoms with E-state index in [-0.39, 0.29) is 10.8 Å². The van der Waals surface area contributed by atoms with E-state index < -0.39 is 10.0 Å². The second-order valence-electron chi connectivity index (χ2n) is 5.49. The van der Waals surface area contributed by atoms with E-state index in [2.05, 4.69) is 21.2 Å². The Labute approximate surface area is 162 Å². The molecule has 0 aromatic heterocycles. The number of sulfonamides is 1. The zero-order chi connectivity index (χ0) is 19.2. The molecule has 0 heterocycles. The molecule has 7 heteroatoms. The molecule has 5 nitrogen and oxygen atoms in total. The van der Waals surface area contributed by atoms with E-state index in [1.54, 1.807) is 42.5 Å². The SMILES string of the molecule is CCN(CC)S(=O)(=O)c1ccc(C=CC(=O)Nc2ccc(Br)cc2)cc1. The van der Waals surface area contributed by atoms with E-state index in [0.29, 0.717) is 18.8 Å². The summed E-state index contributed by atoms with van der Waals surface area (Å²) >= 11 is 3.34. The molecular weight excluding hydrogens is 416 g/mol. The van der Waals surface area contributed by atoms with E-state index in [1.165, 1.54) is 10.4 Å². The van der Waals surface area contributed by atoms with E-state index in [0.717, 1.165) is 10.0 Å². The number of halogens is 1. The first-order valence-electron chi connectivity index (χ1n) is 8.21. The molecule has 0 saturated carbocycles. The molecule has 138 valence electrons. The van der Waals surface area contributed by atoms with Gasteiger partial charge < -0.3 is 5.32 Å². The molecule has 2 rings (SSSR count). The maximum Gasteiger partial charge on any atom is 0.248 e. The van der Waals surface area contributed by atoms with Crippen molar-refractivity contribution in [2.45, 2.75) is 18.7 Å². The van der Waals surface area contributed by atoms with E-state index in [9.17, 15) is 13.2 Å². The Hall–Kier alpha value is -1.96. The van der Waals surface area contributed by atoms with Gasteiger partial charge in [0.15, 0.2) is 0 Å². The lowest BCUT2D eigenvalue weighted by Gasteiger charge is -2.18. The van der Waals surface area contributed by atoms with Crippen LogP contribution in [0.25, 0.3) is 6.08 Å². The Morgan fingerprint density at radius 3 is 2.15 bits per heavy atom. The molecule has 0 spiro atoms. The molecule has 0 saturated heterocycles. The fourth-order valence-electron chi connectivity index (χ4n) is 2.35. The molecule has 0 unspecified atom stereocenters. The molecule has 26 heavy (non-hydrogen) atoms. The van der Waals surface area contributed by atoms with Crippen LogP contribution in [0.15, 0.2) is 64.0 Å². The van der Waals surface area contributed by atoms with Gasteiger partial charge in [-0.3, -0.25) is 4.79 Å². The van der Waals surface area contributed by atoms with Crippen LogP contribution in [-0.2, 0) is 14.8 Å². The largest absolute Gasteiger partial charge is 0.323 e. The predicted molar refractivity (Wildman–Crippen MR) is 108 cm³/mol. The van der Waals surface area contributed by atoms with Gasteiger partial charge in [-0.2, -0.15) is 4.31 Å². The Morgan fingerprint density at radius 2 is 1.62 bits per heavy atom. The Morgan fingerprint density at radius 1 is 1.04 bits per heavy atom. The molecule has 0 aliphatic heterocycles. The number of rotatable bonds is 7. The van der Waals surface area contributed by atoms with Crippen molar-refractivity contribution >= 4 is 43.6 Å². The highest BCUT2D eigenvalue weighted by Gasteiger charge is 2.20. The quantitative estimate of drug-likeness (QED) is 0.663. The molecule has 1 amide bonds. The number of hydrogen-bond acceptors (Lipinski definition) is 3. The average molecular weight is 437 g/mol. The van der Waals surface area contributed by atoms with Gasteiger partial charge in [-0.05, 0) is 48.0 Å². The summed E-state index contributed by atoms with van der Waals surface area (Å²) in [4.78, 5) is 12.2. The number of nitrogens with zero attached hydrogens (tertiary/aromatic N) is 1. The zero-order valence-electron chi connectivity index (χ0n) is 14.6. The van der Waals surface area contributed by atoms with Crippen molar-refractivity contribution in [1.29, 1.82) is 0 Å². The average Bonchev–Trinajstić information content (AvgIpc) is 2.63. The Kier molecular flexibility index (Phi) is 7.14. The summed E-state index contributed by atoms with van der Waals surface area (Å²) in [6, 6.07) is 13.7. The molecule has 0 aliphatic rings. The van der Waals surface area contributed by atoms with Crippen molar-refractivity contribution in [2.75, 3.05) is 18.4 Å². The van der Waals surface area contributed by atoms with Crippen LogP contribution in [0.1, 0.15) is 19.4 Å².